The molecule has 1 fully saturated rings. The highest BCUT2D eigenvalue weighted by atomic mass is 32.2. The summed E-state index contributed by atoms with van der Waals surface area (Å²) < 4.78 is 32.7. The van der Waals surface area contributed by atoms with Crippen molar-refractivity contribution in [3.05, 3.63) is 54.1 Å². The molecule has 1 aliphatic rings. The Kier molecular flexibility index (Phi) is 5.18. The van der Waals surface area contributed by atoms with Gasteiger partial charge < -0.3 is 10.1 Å². The summed E-state index contributed by atoms with van der Waals surface area (Å²) in [6.07, 6.45) is 0.827. The van der Waals surface area contributed by atoms with Gasteiger partial charge in [-0.1, -0.05) is 12.1 Å². The van der Waals surface area contributed by atoms with Gasteiger partial charge in [0, 0.05) is 19.6 Å². The molecule has 6 heteroatoms. The third kappa shape index (κ3) is 3.95. The summed E-state index contributed by atoms with van der Waals surface area (Å²) in [7, 11) is -3.44. The van der Waals surface area contributed by atoms with Crippen molar-refractivity contribution in [2.24, 2.45) is 0 Å². The molecule has 0 aromatic heterocycles. The fourth-order valence-corrected chi connectivity index (χ4v) is 4.18. The van der Waals surface area contributed by atoms with E-state index in [-0.39, 0.29) is 0 Å². The minimum atomic E-state index is -3.44. The van der Waals surface area contributed by atoms with E-state index in [1.807, 2.05) is 31.2 Å². The zero-order valence-electron chi connectivity index (χ0n) is 13.7. The van der Waals surface area contributed by atoms with Crippen LogP contribution < -0.4 is 10.1 Å². The Morgan fingerprint density at radius 2 is 1.79 bits per heavy atom. The molecule has 0 aliphatic carbocycles. The average Bonchev–Trinajstić information content (AvgIpc) is 2.85. The molecule has 1 heterocycles. The van der Waals surface area contributed by atoms with Crippen molar-refractivity contribution in [2.75, 3.05) is 26.2 Å². The highest BCUT2D eigenvalue weighted by Gasteiger charge is 2.24. The molecule has 0 bridgehead atoms. The third-order valence-electron chi connectivity index (χ3n) is 3.99. The van der Waals surface area contributed by atoms with Crippen LogP contribution >= 0.6 is 0 Å². The van der Waals surface area contributed by atoms with Crippen LogP contribution in [0.3, 0.4) is 0 Å². The zero-order chi connectivity index (χ0) is 17.0. The smallest absolute Gasteiger partial charge is 0.243 e. The molecular weight excluding hydrogens is 324 g/mol. The molecule has 0 amide bonds. The second-order valence-electron chi connectivity index (χ2n) is 5.90. The molecule has 128 valence electrons. The molecular formula is C18H22N2O3S. The first-order valence-electron chi connectivity index (χ1n) is 8.11. The monoisotopic (exact) mass is 346 g/mol. The SMILES string of the molecule is Cc1cccc(Oc2ccc(S(=O)(=O)N3CCCNCC3)cc2)c1. The van der Waals surface area contributed by atoms with Crippen molar-refractivity contribution in [2.45, 2.75) is 18.2 Å². The molecule has 3 rings (SSSR count). The van der Waals surface area contributed by atoms with Gasteiger partial charge in [0.1, 0.15) is 11.5 Å². The van der Waals surface area contributed by atoms with Crippen molar-refractivity contribution in [3.8, 4) is 11.5 Å². The van der Waals surface area contributed by atoms with Crippen molar-refractivity contribution in [3.63, 3.8) is 0 Å². The fraction of sp³-hybridized carbons (Fsp3) is 0.333. The van der Waals surface area contributed by atoms with Gasteiger partial charge in [-0.25, -0.2) is 8.42 Å². The summed E-state index contributed by atoms with van der Waals surface area (Å²) in [6, 6.07) is 14.4. The molecule has 1 N–H and O–H groups in total. The third-order valence-corrected chi connectivity index (χ3v) is 5.90. The standard InChI is InChI=1S/C18H22N2O3S/c1-15-4-2-5-17(14-15)23-16-6-8-18(9-7-16)24(21,22)20-12-3-10-19-11-13-20/h2,4-9,14,19H,3,10-13H2,1H3. The highest BCUT2D eigenvalue weighted by molar-refractivity contribution is 7.89. The number of hydrogen-bond acceptors (Lipinski definition) is 4. The van der Waals surface area contributed by atoms with E-state index in [2.05, 4.69) is 5.32 Å². The van der Waals surface area contributed by atoms with Gasteiger partial charge in [-0.3, -0.25) is 0 Å². The van der Waals surface area contributed by atoms with Crippen LogP contribution in [0, 0.1) is 6.92 Å². The molecule has 5 nitrogen and oxygen atoms in total. The molecule has 0 atom stereocenters. The fourth-order valence-electron chi connectivity index (χ4n) is 2.70. The molecule has 0 radical (unpaired) electrons. The van der Waals surface area contributed by atoms with Crippen LogP contribution in [0.15, 0.2) is 53.4 Å². The lowest BCUT2D eigenvalue weighted by molar-refractivity contribution is 0.431. The Bertz CT molecular complexity index is 780. The summed E-state index contributed by atoms with van der Waals surface area (Å²) in [5.41, 5.74) is 1.11. The van der Waals surface area contributed by atoms with Crippen molar-refractivity contribution in [1.82, 2.24) is 9.62 Å². The van der Waals surface area contributed by atoms with E-state index in [9.17, 15) is 8.42 Å². The first-order chi connectivity index (χ1) is 11.6. The first kappa shape index (κ1) is 17.0. The predicted octanol–water partition coefficient (Wildman–Crippen LogP) is 2.77. The zero-order valence-corrected chi connectivity index (χ0v) is 14.6. The number of nitrogens with zero attached hydrogens (tertiary/aromatic N) is 1. The van der Waals surface area contributed by atoms with Gasteiger partial charge >= 0.3 is 0 Å². The van der Waals surface area contributed by atoms with Crippen LogP contribution in [0.4, 0.5) is 0 Å². The first-order valence-corrected chi connectivity index (χ1v) is 9.55. The molecule has 1 aliphatic heterocycles. The summed E-state index contributed by atoms with van der Waals surface area (Å²) >= 11 is 0. The van der Waals surface area contributed by atoms with Crippen LogP contribution in [0.25, 0.3) is 0 Å². The van der Waals surface area contributed by atoms with Crippen molar-refractivity contribution < 1.29 is 13.2 Å². The Hall–Kier alpha value is -1.89. The van der Waals surface area contributed by atoms with Gasteiger partial charge in [-0.2, -0.15) is 4.31 Å². The van der Waals surface area contributed by atoms with E-state index >= 15 is 0 Å². The van der Waals surface area contributed by atoms with Crippen molar-refractivity contribution in [1.29, 1.82) is 0 Å². The van der Waals surface area contributed by atoms with E-state index < -0.39 is 10.0 Å². The van der Waals surface area contributed by atoms with E-state index in [4.69, 9.17) is 4.74 Å². The number of rotatable bonds is 4. The lowest BCUT2D eigenvalue weighted by Gasteiger charge is -2.19. The minimum Gasteiger partial charge on any atom is -0.457 e. The van der Waals surface area contributed by atoms with E-state index in [0.29, 0.717) is 30.3 Å². The van der Waals surface area contributed by atoms with E-state index in [1.54, 1.807) is 28.6 Å². The maximum atomic E-state index is 12.7. The predicted molar refractivity (Wildman–Crippen MR) is 93.9 cm³/mol. The number of sulfonamides is 1. The van der Waals surface area contributed by atoms with Gasteiger partial charge in [-0.15, -0.1) is 0 Å². The van der Waals surface area contributed by atoms with Crippen LogP contribution in [0.5, 0.6) is 11.5 Å². The minimum absolute atomic E-state index is 0.306. The van der Waals surface area contributed by atoms with Crippen molar-refractivity contribution >= 4 is 10.0 Å². The van der Waals surface area contributed by atoms with Gasteiger partial charge in [-0.05, 0) is 61.9 Å². The second-order valence-corrected chi connectivity index (χ2v) is 7.84. The molecule has 0 saturated carbocycles. The number of ether oxygens (including phenoxy) is 1. The number of aryl methyl sites for hydroxylation is 1. The summed E-state index contributed by atoms with van der Waals surface area (Å²) in [4.78, 5) is 0.306. The molecule has 2 aromatic carbocycles. The van der Waals surface area contributed by atoms with Gasteiger partial charge in [0.15, 0.2) is 0 Å². The topological polar surface area (TPSA) is 58.6 Å². The van der Waals surface area contributed by atoms with Gasteiger partial charge in [0.25, 0.3) is 0 Å². The van der Waals surface area contributed by atoms with Crippen LogP contribution in [0.1, 0.15) is 12.0 Å². The van der Waals surface area contributed by atoms with Gasteiger partial charge in [0.05, 0.1) is 4.90 Å². The number of nitrogens with one attached hydrogen (secondary N) is 1. The molecule has 2 aromatic rings. The normalized spacial score (nSPS) is 16.5. The average molecular weight is 346 g/mol. The molecule has 1 saturated heterocycles. The summed E-state index contributed by atoms with van der Waals surface area (Å²) in [5.74, 6) is 1.36. The molecule has 24 heavy (non-hydrogen) atoms. The lowest BCUT2D eigenvalue weighted by atomic mass is 10.2. The Balaban J connectivity index is 1.75. The number of benzene rings is 2. The summed E-state index contributed by atoms with van der Waals surface area (Å²) in [6.45, 7) is 4.60. The van der Waals surface area contributed by atoms with Crippen LogP contribution in [-0.2, 0) is 10.0 Å². The lowest BCUT2D eigenvalue weighted by Crippen LogP contribution is -2.34. The van der Waals surface area contributed by atoms with Crippen LogP contribution in [0.2, 0.25) is 0 Å². The highest BCUT2D eigenvalue weighted by Crippen LogP contribution is 2.25. The summed E-state index contributed by atoms with van der Waals surface area (Å²) in [5, 5.41) is 3.22. The number of hydrogen-bond donors (Lipinski definition) is 1. The maximum Gasteiger partial charge on any atom is 0.243 e. The largest absolute Gasteiger partial charge is 0.457 e. The van der Waals surface area contributed by atoms with Gasteiger partial charge in [0.2, 0.25) is 10.0 Å². The van der Waals surface area contributed by atoms with E-state index in [1.165, 1.54) is 0 Å². The quantitative estimate of drug-likeness (QED) is 0.925. The Morgan fingerprint density at radius 3 is 2.54 bits per heavy atom. The second kappa shape index (κ2) is 7.34. The molecule has 0 unspecified atom stereocenters. The Labute approximate surface area is 143 Å². The Morgan fingerprint density at radius 1 is 1.00 bits per heavy atom. The maximum absolute atomic E-state index is 12.7. The van der Waals surface area contributed by atoms with E-state index in [0.717, 1.165) is 24.3 Å². The molecule has 0 spiro atoms. The van der Waals surface area contributed by atoms with Crippen LogP contribution in [-0.4, -0.2) is 38.9 Å².